The summed E-state index contributed by atoms with van der Waals surface area (Å²) in [5, 5.41) is 0. The molecule has 3 nitrogen and oxygen atoms in total. The van der Waals surface area contributed by atoms with Gasteiger partial charge in [0.25, 0.3) is 0 Å². The van der Waals surface area contributed by atoms with Gasteiger partial charge in [-0.3, -0.25) is 0 Å². The Bertz CT molecular complexity index is 1010. The second-order valence-electron chi connectivity index (χ2n) is 10.7. The topological polar surface area (TPSA) is 27.7 Å². The summed E-state index contributed by atoms with van der Waals surface area (Å²) in [5.41, 5.74) is 5.87. The molecule has 2 aromatic carbocycles. The van der Waals surface area contributed by atoms with Crippen molar-refractivity contribution in [3.05, 3.63) is 76.9 Å². The predicted octanol–water partition coefficient (Wildman–Crippen LogP) is 6.52. The van der Waals surface area contributed by atoms with Gasteiger partial charge < -0.3 is 14.2 Å². The van der Waals surface area contributed by atoms with Crippen LogP contribution in [0.25, 0.3) is 6.08 Å². The highest BCUT2D eigenvalue weighted by Crippen LogP contribution is 2.66. The van der Waals surface area contributed by atoms with Gasteiger partial charge in [0.1, 0.15) is 0 Å². The molecule has 2 saturated carbocycles. The minimum atomic E-state index is -0.292. The highest BCUT2D eigenvalue weighted by molar-refractivity contribution is 5.53. The van der Waals surface area contributed by atoms with E-state index in [0.717, 1.165) is 31.5 Å². The molecular weight excluding hydrogens is 408 g/mol. The van der Waals surface area contributed by atoms with Gasteiger partial charge in [0.2, 0.25) is 0 Å². The first-order valence-corrected chi connectivity index (χ1v) is 12.9. The maximum atomic E-state index is 6.28. The normalized spacial score (nSPS) is 32.1. The lowest BCUT2D eigenvalue weighted by molar-refractivity contribution is -0.237. The zero-order valence-electron chi connectivity index (χ0n) is 19.8. The van der Waals surface area contributed by atoms with E-state index in [9.17, 15) is 0 Å². The first-order chi connectivity index (χ1) is 16.2. The van der Waals surface area contributed by atoms with E-state index >= 15 is 0 Å². The Labute approximate surface area is 198 Å². The van der Waals surface area contributed by atoms with E-state index in [4.69, 9.17) is 14.2 Å². The zero-order valence-corrected chi connectivity index (χ0v) is 19.8. The molecule has 1 saturated heterocycles. The van der Waals surface area contributed by atoms with Gasteiger partial charge in [0.15, 0.2) is 5.79 Å². The largest absolute Gasteiger partial charge is 0.373 e. The number of rotatable bonds is 5. The second-order valence-corrected chi connectivity index (χ2v) is 10.7. The average molecular weight is 445 g/mol. The third-order valence-corrected chi connectivity index (χ3v) is 9.18. The van der Waals surface area contributed by atoms with Gasteiger partial charge >= 0.3 is 0 Å². The molecule has 33 heavy (non-hydrogen) atoms. The van der Waals surface area contributed by atoms with Crippen molar-refractivity contribution >= 4 is 6.08 Å². The lowest BCUT2D eigenvalue weighted by Crippen LogP contribution is -2.51. The van der Waals surface area contributed by atoms with Gasteiger partial charge in [-0.1, -0.05) is 67.6 Å². The molecule has 0 bridgehead atoms. The van der Waals surface area contributed by atoms with E-state index in [-0.39, 0.29) is 11.2 Å². The van der Waals surface area contributed by atoms with Crippen molar-refractivity contribution in [3.63, 3.8) is 0 Å². The fourth-order valence-corrected chi connectivity index (χ4v) is 7.59. The maximum Gasteiger partial charge on any atom is 0.174 e. The van der Waals surface area contributed by atoms with E-state index in [1.807, 2.05) is 6.07 Å². The van der Waals surface area contributed by atoms with Crippen molar-refractivity contribution in [2.75, 3.05) is 19.8 Å². The fourth-order valence-electron chi connectivity index (χ4n) is 7.59. The summed E-state index contributed by atoms with van der Waals surface area (Å²) < 4.78 is 18.4. The molecule has 3 heteroatoms. The zero-order chi connectivity index (χ0) is 22.3. The second kappa shape index (κ2) is 8.69. The summed E-state index contributed by atoms with van der Waals surface area (Å²) in [6, 6.07) is 17.5. The van der Waals surface area contributed by atoms with Crippen LogP contribution in [-0.2, 0) is 27.2 Å². The molecule has 4 atom stereocenters. The highest BCUT2D eigenvalue weighted by Gasteiger charge is 2.64. The van der Waals surface area contributed by atoms with Crippen molar-refractivity contribution in [2.45, 2.75) is 63.8 Å². The quantitative estimate of drug-likeness (QED) is 0.492. The van der Waals surface area contributed by atoms with Crippen molar-refractivity contribution in [3.8, 4) is 0 Å². The average Bonchev–Trinajstić information content (AvgIpc) is 3.45. The third-order valence-electron chi connectivity index (χ3n) is 9.18. The lowest BCUT2D eigenvalue weighted by Gasteiger charge is -2.52. The SMILES string of the molecule is CC12CCC3c4ccc(C=CCOCc5ccccc5)cc4CCC3C1CCC21OCCO1. The van der Waals surface area contributed by atoms with Gasteiger partial charge in [-0.15, -0.1) is 0 Å². The van der Waals surface area contributed by atoms with Gasteiger partial charge in [0.05, 0.1) is 26.4 Å². The summed E-state index contributed by atoms with van der Waals surface area (Å²) in [6.45, 7) is 5.31. The summed E-state index contributed by atoms with van der Waals surface area (Å²) in [4.78, 5) is 0. The maximum absolute atomic E-state index is 6.28. The van der Waals surface area contributed by atoms with Crippen LogP contribution >= 0.6 is 0 Å². The summed E-state index contributed by atoms with van der Waals surface area (Å²) in [6.07, 6.45) is 11.7. The molecule has 174 valence electrons. The summed E-state index contributed by atoms with van der Waals surface area (Å²) in [5.74, 6) is 1.91. The minimum Gasteiger partial charge on any atom is -0.373 e. The Hall–Kier alpha value is -1.94. The molecule has 4 unspecified atom stereocenters. The molecule has 1 spiro atoms. The van der Waals surface area contributed by atoms with Crippen molar-refractivity contribution in [1.82, 2.24) is 0 Å². The monoisotopic (exact) mass is 444 g/mol. The summed E-state index contributed by atoms with van der Waals surface area (Å²) >= 11 is 0. The smallest absolute Gasteiger partial charge is 0.174 e. The van der Waals surface area contributed by atoms with Crippen molar-refractivity contribution in [2.24, 2.45) is 17.3 Å². The first kappa shape index (κ1) is 21.6. The van der Waals surface area contributed by atoms with E-state index in [0.29, 0.717) is 19.1 Å². The van der Waals surface area contributed by atoms with Crippen LogP contribution in [-0.4, -0.2) is 25.6 Å². The molecule has 1 aliphatic heterocycles. The van der Waals surface area contributed by atoms with Crippen LogP contribution in [0.15, 0.2) is 54.6 Å². The molecule has 4 aliphatic rings. The van der Waals surface area contributed by atoms with Gasteiger partial charge in [-0.05, 0) is 72.1 Å². The fraction of sp³-hybridized carbons (Fsp3) is 0.533. The molecule has 0 amide bonds. The number of fused-ring (bicyclic) bond motifs is 6. The van der Waals surface area contributed by atoms with E-state index in [2.05, 4.69) is 61.5 Å². The number of ether oxygens (including phenoxy) is 3. The van der Waals surface area contributed by atoms with Gasteiger partial charge in [-0.25, -0.2) is 0 Å². The lowest BCUT2D eigenvalue weighted by atomic mass is 9.55. The highest BCUT2D eigenvalue weighted by atomic mass is 16.7. The van der Waals surface area contributed by atoms with Gasteiger partial charge in [-0.2, -0.15) is 0 Å². The standard InChI is InChI=1S/C30H36O3/c1-29-15-13-26-25-11-9-22(8-5-17-31-21-23-6-3-2-4-7-23)20-24(25)10-12-27(26)28(29)14-16-30(29)32-18-19-33-30/h2-9,11,20,26-28H,10,12-19,21H2,1H3. The van der Waals surface area contributed by atoms with E-state index in [1.54, 1.807) is 11.1 Å². The molecule has 2 aromatic rings. The minimum absolute atomic E-state index is 0.185. The molecular formula is C30H36O3. The number of aryl methyl sites for hydroxylation is 1. The first-order valence-electron chi connectivity index (χ1n) is 12.9. The van der Waals surface area contributed by atoms with E-state index in [1.165, 1.54) is 43.2 Å². The van der Waals surface area contributed by atoms with Crippen LogP contribution in [0.4, 0.5) is 0 Å². The number of benzene rings is 2. The molecule has 0 N–H and O–H groups in total. The molecule has 3 aliphatic carbocycles. The molecule has 0 radical (unpaired) electrons. The number of hydrogen-bond acceptors (Lipinski definition) is 3. The Balaban J connectivity index is 1.12. The third kappa shape index (κ3) is 3.69. The van der Waals surface area contributed by atoms with Crippen molar-refractivity contribution in [1.29, 1.82) is 0 Å². The molecule has 3 fully saturated rings. The Morgan fingerprint density at radius 2 is 1.85 bits per heavy atom. The molecule has 1 heterocycles. The van der Waals surface area contributed by atoms with Gasteiger partial charge in [0, 0.05) is 11.8 Å². The molecule has 0 aromatic heterocycles. The van der Waals surface area contributed by atoms with E-state index < -0.39 is 0 Å². The Morgan fingerprint density at radius 1 is 1.00 bits per heavy atom. The van der Waals surface area contributed by atoms with Crippen LogP contribution in [0.1, 0.15) is 67.2 Å². The summed E-state index contributed by atoms with van der Waals surface area (Å²) in [7, 11) is 0. The number of hydrogen-bond donors (Lipinski definition) is 0. The van der Waals surface area contributed by atoms with Crippen LogP contribution in [0.2, 0.25) is 0 Å². The van der Waals surface area contributed by atoms with Crippen LogP contribution < -0.4 is 0 Å². The van der Waals surface area contributed by atoms with Crippen LogP contribution in [0.3, 0.4) is 0 Å². The Morgan fingerprint density at radius 3 is 2.70 bits per heavy atom. The van der Waals surface area contributed by atoms with Crippen LogP contribution in [0, 0.1) is 17.3 Å². The predicted molar refractivity (Wildman–Crippen MR) is 131 cm³/mol. The van der Waals surface area contributed by atoms with Crippen LogP contribution in [0.5, 0.6) is 0 Å². The van der Waals surface area contributed by atoms with Crippen molar-refractivity contribution < 1.29 is 14.2 Å². The molecule has 6 rings (SSSR count). The Kier molecular flexibility index (Phi) is 5.68.